The van der Waals surface area contributed by atoms with E-state index in [2.05, 4.69) is 0 Å². The molecule has 3 nitrogen and oxygen atoms in total. The van der Waals surface area contributed by atoms with Crippen molar-refractivity contribution in [3.63, 3.8) is 0 Å². The molecule has 0 radical (unpaired) electrons. The number of halogens is 2. The average molecular weight is 284 g/mol. The van der Waals surface area contributed by atoms with Gasteiger partial charge in [0.1, 0.15) is 11.6 Å². The van der Waals surface area contributed by atoms with Gasteiger partial charge in [0, 0.05) is 25.3 Å². The molecule has 3 rings (SSSR count). The van der Waals surface area contributed by atoms with Crippen LogP contribution in [0.1, 0.15) is 31.2 Å². The van der Waals surface area contributed by atoms with Crippen molar-refractivity contribution >= 4 is 0 Å². The van der Waals surface area contributed by atoms with Gasteiger partial charge in [0.25, 0.3) is 0 Å². The third kappa shape index (κ3) is 2.85. The highest BCUT2D eigenvalue weighted by Gasteiger charge is 2.45. The first-order valence-electron chi connectivity index (χ1n) is 6.94. The van der Waals surface area contributed by atoms with Crippen molar-refractivity contribution in [3.8, 4) is 0 Å². The maximum absolute atomic E-state index is 13.2. The summed E-state index contributed by atoms with van der Waals surface area (Å²) in [7, 11) is 0. The first-order valence-corrected chi connectivity index (χ1v) is 6.94. The fraction of sp³-hybridized carbons (Fsp3) is 0.600. The van der Waals surface area contributed by atoms with Gasteiger partial charge in [0.05, 0.1) is 18.8 Å². The molecule has 110 valence electrons. The van der Waals surface area contributed by atoms with E-state index in [-0.39, 0.29) is 6.42 Å². The second-order valence-electron chi connectivity index (χ2n) is 5.79. The molecule has 0 bridgehead atoms. The van der Waals surface area contributed by atoms with E-state index >= 15 is 0 Å². The number of benzene rings is 1. The van der Waals surface area contributed by atoms with E-state index in [4.69, 9.17) is 9.47 Å². The zero-order chi connectivity index (χ0) is 14.2. The second kappa shape index (κ2) is 5.06. The van der Waals surface area contributed by atoms with Crippen molar-refractivity contribution in [1.29, 1.82) is 0 Å². The van der Waals surface area contributed by atoms with Gasteiger partial charge in [-0.15, -0.1) is 0 Å². The first kappa shape index (κ1) is 13.9. The molecule has 1 N–H and O–H groups in total. The van der Waals surface area contributed by atoms with E-state index < -0.39 is 23.0 Å². The topological polar surface area (TPSA) is 38.7 Å². The highest BCUT2D eigenvalue weighted by molar-refractivity contribution is 5.20. The Hall–Kier alpha value is -1.04. The van der Waals surface area contributed by atoms with Gasteiger partial charge in [-0.2, -0.15) is 0 Å². The molecule has 1 aliphatic carbocycles. The zero-order valence-corrected chi connectivity index (χ0v) is 11.2. The van der Waals surface area contributed by atoms with Crippen LogP contribution in [0.15, 0.2) is 18.2 Å². The van der Waals surface area contributed by atoms with E-state index in [1.54, 1.807) is 0 Å². The first-order chi connectivity index (χ1) is 9.49. The van der Waals surface area contributed by atoms with Crippen LogP contribution in [0.2, 0.25) is 0 Å². The Morgan fingerprint density at radius 2 is 1.50 bits per heavy atom. The Kier molecular flexibility index (Phi) is 3.52. The van der Waals surface area contributed by atoms with Gasteiger partial charge >= 0.3 is 0 Å². The van der Waals surface area contributed by atoms with Gasteiger partial charge < -0.3 is 14.6 Å². The van der Waals surface area contributed by atoms with Crippen molar-refractivity contribution < 1.29 is 23.4 Å². The minimum atomic E-state index is -0.944. The molecule has 1 aromatic rings. The number of aliphatic hydroxyl groups is 1. The SMILES string of the molecule is OC1(Cc2cc(F)cc(F)c2)CCC2(CC1)OCCO2. The van der Waals surface area contributed by atoms with Crippen molar-refractivity contribution in [1.82, 2.24) is 0 Å². The van der Waals surface area contributed by atoms with Crippen LogP contribution in [0.3, 0.4) is 0 Å². The largest absolute Gasteiger partial charge is 0.390 e. The fourth-order valence-corrected chi connectivity index (χ4v) is 3.15. The van der Waals surface area contributed by atoms with Crippen molar-refractivity contribution in [2.24, 2.45) is 0 Å². The van der Waals surface area contributed by atoms with Gasteiger partial charge in [-0.3, -0.25) is 0 Å². The molecule has 0 amide bonds. The molecule has 0 aromatic heterocycles. The predicted molar refractivity (Wildman–Crippen MR) is 68.1 cm³/mol. The summed E-state index contributed by atoms with van der Waals surface area (Å²) >= 11 is 0. The second-order valence-corrected chi connectivity index (χ2v) is 5.79. The summed E-state index contributed by atoms with van der Waals surface area (Å²) in [6.45, 7) is 1.18. The monoisotopic (exact) mass is 284 g/mol. The molecule has 1 aliphatic heterocycles. The summed E-state index contributed by atoms with van der Waals surface area (Å²) in [5, 5.41) is 10.6. The van der Waals surface area contributed by atoms with Crippen molar-refractivity contribution in [3.05, 3.63) is 35.4 Å². The molecule has 20 heavy (non-hydrogen) atoms. The van der Waals surface area contributed by atoms with E-state index in [0.717, 1.165) is 6.07 Å². The lowest BCUT2D eigenvalue weighted by atomic mass is 9.78. The summed E-state index contributed by atoms with van der Waals surface area (Å²) in [6.07, 6.45) is 2.48. The molecule has 1 saturated heterocycles. The van der Waals surface area contributed by atoms with Crippen LogP contribution < -0.4 is 0 Å². The average Bonchev–Trinajstić information content (AvgIpc) is 2.81. The Morgan fingerprint density at radius 1 is 0.950 bits per heavy atom. The molecule has 5 heteroatoms. The molecule has 1 heterocycles. The summed E-state index contributed by atoms with van der Waals surface area (Å²) < 4.78 is 37.6. The minimum absolute atomic E-state index is 0.248. The number of ether oxygens (including phenoxy) is 2. The number of rotatable bonds is 2. The van der Waals surface area contributed by atoms with Crippen LogP contribution in [-0.4, -0.2) is 29.7 Å². The predicted octanol–water partition coefficient (Wildman–Crippen LogP) is 2.56. The van der Waals surface area contributed by atoms with Gasteiger partial charge in [0.15, 0.2) is 5.79 Å². The van der Waals surface area contributed by atoms with Gasteiger partial charge in [-0.05, 0) is 30.5 Å². The molecule has 2 fully saturated rings. The van der Waals surface area contributed by atoms with E-state index in [1.165, 1.54) is 12.1 Å². The normalized spacial score (nSPS) is 24.1. The minimum Gasteiger partial charge on any atom is -0.390 e. The Balaban J connectivity index is 1.68. The lowest BCUT2D eigenvalue weighted by molar-refractivity contribution is -0.202. The van der Waals surface area contributed by atoms with Crippen LogP contribution in [0.25, 0.3) is 0 Å². The molecule has 0 atom stereocenters. The molecule has 1 aromatic carbocycles. The molecule has 1 spiro atoms. The lowest BCUT2D eigenvalue weighted by Crippen LogP contribution is -2.44. The molecule has 2 aliphatic rings. The van der Waals surface area contributed by atoms with E-state index in [1.807, 2.05) is 0 Å². The zero-order valence-electron chi connectivity index (χ0n) is 11.2. The molecular formula is C15H18F2O3. The summed E-state index contributed by atoms with van der Waals surface area (Å²) in [5.74, 6) is -1.77. The maximum Gasteiger partial charge on any atom is 0.168 e. The lowest BCUT2D eigenvalue weighted by Gasteiger charge is -2.40. The third-order valence-corrected chi connectivity index (χ3v) is 4.21. The molecule has 1 saturated carbocycles. The van der Waals surface area contributed by atoms with Gasteiger partial charge in [-0.25, -0.2) is 8.78 Å². The third-order valence-electron chi connectivity index (χ3n) is 4.21. The molecular weight excluding hydrogens is 266 g/mol. The van der Waals surface area contributed by atoms with Gasteiger partial charge in [0.2, 0.25) is 0 Å². The van der Waals surface area contributed by atoms with Crippen molar-refractivity contribution in [2.45, 2.75) is 43.5 Å². The smallest absolute Gasteiger partial charge is 0.168 e. The number of hydrogen-bond acceptors (Lipinski definition) is 3. The Morgan fingerprint density at radius 3 is 2.05 bits per heavy atom. The van der Waals surface area contributed by atoms with Crippen LogP contribution in [0.5, 0.6) is 0 Å². The Labute approximate surface area is 116 Å². The highest BCUT2D eigenvalue weighted by Crippen LogP contribution is 2.41. The Bertz CT molecular complexity index is 468. The van der Waals surface area contributed by atoms with Gasteiger partial charge in [-0.1, -0.05) is 0 Å². The van der Waals surface area contributed by atoms with Crippen LogP contribution in [0.4, 0.5) is 8.78 Å². The van der Waals surface area contributed by atoms with Crippen LogP contribution in [0, 0.1) is 11.6 Å². The fourth-order valence-electron chi connectivity index (χ4n) is 3.15. The summed E-state index contributed by atoms with van der Waals surface area (Å²) in [5.41, 5.74) is -0.463. The maximum atomic E-state index is 13.2. The van der Waals surface area contributed by atoms with E-state index in [9.17, 15) is 13.9 Å². The summed E-state index contributed by atoms with van der Waals surface area (Å²) in [6, 6.07) is 3.38. The van der Waals surface area contributed by atoms with Crippen LogP contribution in [-0.2, 0) is 15.9 Å². The van der Waals surface area contributed by atoms with E-state index in [0.29, 0.717) is 44.5 Å². The number of hydrogen-bond donors (Lipinski definition) is 1. The summed E-state index contributed by atoms with van der Waals surface area (Å²) in [4.78, 5) is 0. The quantitative estimate of drug-likeness (QED) is 0.907. The standard InChI is InChI=1S/C15H18F2O3/c16-12-7-11(8-13(17)9-12)10-14(18)1-3-15(4-2-14)19-5-6-20-15/h7-9,18H,1-6,10H2. The van der Waals surface area contributed by atoms with Crippen LogP contribution >= 0.6 is 0 Å². The highest BCUT2D eigenvalue weighted by atomic mass is 19.1. The molecule has 0 unspecified atom stereocenters. The van der Waals surface area contributed by atoms with Crippen molar-refractivity contribution in [2.75, 3.05) is 13.2 Å².